The van der Waals surface area contributed by atoms with E-state index in [2.05, 4.69) is 368 Å². The Labute approximate surface area is 542 Å². The van der Waals surface area contributed by atoms with Gasteiger partial charge in [-0.15, -0.1) is 0 Å². The lowest BCUT2D eigenvalue weighted by Crippen LogP contribution is -2.61. The molecule has 0 N–H and O–H groups in total. The normalized spacial score (nSPS) is 12.6. The molecule has 438 valence electrons. The summed E-state index contributed by atoms with van der Waals surface area (Å²) in [7, 11) is 0. The maximum absolute atomic E-state index is 2.61. The average Bonchev–Trinajstić information content (AvgIpc) is 0.703. The molecule has 93 heavy (non-hydrogen) atoms. The second-order valence-corrected chi connectivity index (χ2v) is 26.0. The highest BCUT2D eigenvalue weighted by molar-refractivity contribution is 7.00. The van der Waals surface area contributed by atoms with Gasteiger partial charge >= 0.3 is 0 Å². The highest BCUT2D eigenvalue weighted by atomic mass is 15.2. The van der Waals surface area contributed by atoms with E-state index in [1.54, 1.807) is 0 Å². The van der Waals surface area contributed by atoms with Crippen LogP contribution < -0.4 is 36.0 Å². The van der Waals surface area contributed by atoms with Gasteiger partial charge in [-0.3, -0.25) is 0 Å². The van der Waals surface area contributed by atoms with Crippen LogP contribution in [0.2, 0.25) is 0 Å². The molecule has 18 rings (SSSR count). The largest absolute Gasteiger partial charge is 0.311 e. The Bertz CT molecular complexity index is 5160. The van der Waals surface area contributed by atoms with Gasteiger partial charge < -0.3 is 19.6 Å². The Morgan fingerprint density at radius 3 is 0.892 bits per heavy atom. The van der Waals surface area contributed by atoms with Gasteiger partial charge in [0.2, 0.25) is 0 Å². The van der Waals surface area contributed by atoms with Gasteiger partial charge in [0.25, 0.3) is 6.71 Å². The second-order valence-electron chi connectivity index (χ2n) is 26.0. The lowest BCUT2D eigenvalue weighted by Gasteiger charge is -2.45. The molecule has 4 nitrogen and oxygen atoms in total. The summed E-state index contributed by atoms with van der Waals surface area (Å²) in [6.07, 6.45) is 0. The van der Waals surface area contributed by atoms with E-state index in [9.17, 15) is 0 Å². The number of benzene rings is 16. The van der Waals surface area contributed by atoms with Crippen LogP contribution in [-0.2, 0) is 5.41 Å². The van der Waals surface area contributed by atoms with Gasteiger partial charge in [0.05, 0.1) is 0 Å². The molecule has 2 aliphatic rings. The van der Waals surface area contributed by atoms with Crippen LogP contribution in [0.3, 0.4) is 0 Å². The summed E-state index contributed by atoms with van der Waals surface area (Å²) in [5.74, 6) is 0. The van der Waals surface area contributed by atoms with Crippen molar-refractivity contribution in [2.24, 2.45) is 0 Å². The molecule has 16 aromatic rings. The highest BCUT2D eigenvalue weighted by Gasteiger charge is 2.45. The molecule has 5 heteroatoms. The summed E-state index contributed by atoms with van der Waals surface area (Å²) in [4.78, 5) is 10.0. The van der Waals surface area contributed by atoms with E-state index in [4.69, 9.17) is 0 Å². The van der Waals surface area contributed by atoms with Crippen LogP contribution in [0.25, 0.3) is 75.8 Å². The summed E-state index contributed by atoms with van der Waals surface area (Å²) in [6, 6.07) is 122. The monoisotopic (exact) mass is 1190 g/mol. The molecule has 2 heterocycles. The first-order chi connectivity index (χ1) is 45.8. The van der Waals surface area contributed by atoms with Gasteiger partial charge in [0, 0.05) is 68.2 Å². The summed E-state index contributed by atoms with van der Waals surface area (Å²) >= 11 is 0. The molecule has 0 aliphatic carbocycles. The first-order valence-electron chi connectivity index (χ1n) is 32.4. The molecule has 2 aliphatic heterocycles. The van der Waals surface area contributed by atoms with E-state index in [-0.39, 0.29) is 12.1 Å². The predicted octanol–water partition coefficient (Wildman–Crippen LogP) is 22.6. The van der Waals surface area contributed by atoms with Crippen LogP contribution >= 0.6 is 0 Å². The number of nitrogens with zero attached hydrogens (tertiary/aromatic N) is 4. The third-order valence-electron chi connectivity index (χ3n) is 19.7. The van der Waals surface area contributed by atoms with Gasteiger partial charge in [0.1, 0.15) is 0 Å². The van der Waals surface area contributed by atoms with Crippen LogP contribution in [0.4, 0.5) is 68.2 Å². The number of fused-ring (bicyclic) bond motifs is 16. The van der Waals surface area contributed by atoms with E-state index >= 15 is 0 Å². The minimum atomic E-state index is -0.188. The minimum absolute atomic E-state index is 0.0258. The Morgan fingerprint density at radius 2 is 0.559 bits per heavy atom. The number of hydrogen-bond donors (Lipinski definition) is 0. The Balaban J connectivity index is 0.972. The lowest BCUT2D eigenvalue weighted by atomic mass is 9.33. The highest BCUT2D eigenvalue weighted by Crippen LogP contribution is 2.51. The summed E-state index contributed by atoms with van der Waals surface area (Å²) < 4.78 is 0. The number of para-hydroxylation sites is 4. The molecule has 0 aromatic heterocycles. The van der Waals surface area contributed by atoms with Crippen molar-refractivity contribution < 1.29 is 0 Å². The average molecular weight is 1190 g/mol. The standard InChI is InChI=1S/C88H63BN4/c1-88(2,3)60-42-40-58(41-43-60)59-52-85-87-86(53-59)93(66-45-49-78-74-37-19-17-33-70(74)72-35-21-23-39-76(72)80(78)55-66)84-57-68(91(63-28-12-6-13-29-63)64-30-14-7-15-31-64)47-51-82(84)89(87)81-50-46-67(90(61-24-8-4-9-25-61)62-26-10-5-11-27-62)56-83(81)92(85)65-44-48-77-73-36-18-16-32-69(73)71-34-20-22-38-75(71)79(77)54-65/h4-57H,1-3H3. The zero-order valence-electron chi connectivity index (χ0n) is 52.0. The zero-order valence-corrected chi connectivity index (χ0v) is 52.0. The molecule has 0 saturated carbocycles. The molecule has 0 radical (unpaired) electrons. The van der Waals surface area contributed by atoms with Crippen LogP contribution in [0, 0.1) is 0 Å². The molecule has 0 amide bonds. The third kappa shape index (κ3) is 8.83. The Morgan fingerprint density at radius 1 is 0.247 bits per heavy atom. The molecule has 0 atom stereocenters. The topological polar surface area (TPSA) is 13.0 Å². The first kappa shape index (κ1) is 54.3. The Hall–Kier alpha value is -11.7. The SMILES string of the molecule is CC(C)(C)c1ccc(-c2cc3c4c(c2)N(c2ccc5c6ccccc6c6ccccc6c5c2)c2cc(N(c5ccccc5)c5ccccc5)ccc2B4c2ccc(N(c4ccccc4)c4ccccc4)cc2N3c2ccc3c4ccccc4c4ccccc4c3c2)cc1. The van der Waals surface area contributed by atoms with Crippen molar-refractivity contribution >= 4 is 156 Å². The van der Waals surface area contributed by atoms with Crippen LogP contribution in [0.5, 0.6) is 0 Å². The zero-order chi connectivity index (χ0) is 61.9. The summed E-state index contributed by atoms with van der Waals surface area (Å²) in [5.41, 5.74) is 20.5. The van der Waals surface area contributed by atoms with Gasteiger partial charge in [-0.05, 0) is 212 Å². The fourth-order valence-electron chi connectivity index (χ4n) is 15.4. The van der Waals surface area contributed by atoms with Crippen LogP contribution in [0.1, 0.15) is 26.3 Å². The second kappa shape index (κ2) is 21.5. The van der Waals surface area contributed by atoms with Crippen molar-refractivity contribution in [1.82, 2.24) is 0 Å². The van der Waals surface area contributed by atoms with E-state index < -0.39 is 0 Å². The fourth-order valence-corrected chi connectivity index (χ4v) is 15.4. The van der Waals surface area contributed by atoms with Crippen LogP contribution in [-0.4, -0.2) is 6.71 Å². The molecule has 0 unspecified atom stereocenters. The Kier molecular flexibility index (Phi) is 12.6. The summed E-state index contributed by atoms with van der Waals surface area (Å²) in [5, 5.41) is 14.9. The van der Waals surface area contributed by atoms with Crippen molar-refractivity contribution in [1.29, 1.82) is 0 Å². The van der Waals surface area contributed by atoms with E-state index in [1.165, 1.54) is 86.6 Å². The van der Waals surface area contributed by atoms with Crippen molar-refractivity contribution in [3.05, 3.63) is 333 Å². The van der Waals surface area contributed by atoms with Crippen LogP contribution in [0.15, 0.2) is 328 Å². The quantitative estimate of drug-likeness (QED) is 0.105. The number of anilines is 12. The third-order valence-corrected chi connectivity index (χ3v) is 19.7. The van der Waals surface area contributed by atoms with Crippen molar-refractivity contribution in [3.8, 4) is 11.1 Å². The van der Waals surface area contributed by atoms with E-state index in [1.807, 2.05) is 0 Å². The van der Waals surface area contributed by atoms with Crippen molar-refractivity contribution in [2.45, 2.75) is 26.2 Å². The number of rotatable bonds is 9. The number of hydrogen-bond acceptors (Lipinski definition) is 4. The molecule has 16 aromatic carbocycles. The molecule has 0 fully saturated rings. The predicted molar refractivity (Wildman–Crippen MR) is 399 cm³/mol. The molecule has 0 saturated heterocycles. The molecule has 0 spiro atoms. The smallest absolute Gasteiger partial charge is 0.252 e. The molecular formula is C88H63BN4. The van der Waals surface area contributed by atoms with Crippen molar-refractivity contribution in [3.63, 3.8) is 0 Å². The van der Waals surface area contributed by atoms with Gasteiger partial charge in [-0.1, -0.05) is 239 Å². The van der Waals surface area contributed by atoms with E-state index in [0.717, 1.165) is 79.4 Å². The maximum Gasteiger partial charge on any atom is 0.252 e. The maximum atomic E-state index is 2.61. The first-order valence-corrected chi connectivity index (χ1v) is 32.4. The van der Waals surface area contributed by atoms with Gasteiger partial charge in [0.15, 0.2) is 0 Å². The fraction of sp³-hybridized carbons (Fsp3) is 0.0455. The molecular weight excluding hydrogens is 1120 g/mol. The van der Waals surface area contributed by atoms with Gasteiger partial charge in [-0.2, -0.15) is 0 Å². The van der Waals surface area contributed by atoms with E-state index in [0.29, 0.717) is 0 Å². The van der Waals surface area contributed by atoms with Gasteiger partial charge in [-0.25, -0.2) is 0 Å². The minimum Gasteiger partial charge on any atom is -0.311 e. The lowest BCUT2D eigenvalue weighted by molar-refractivity contribution is 0.590. The molecule has 0 bridgehead atoms. The summed E-state index contributed by atoms with van der Waals surface area (Å²) in [6.45, 7) is 6.72. The van der Waals surface area contributed by atoms with Crippen molar-refractivity contribution in [2.75, 3.05) is 19.6 Å².